The van der Waals surface area contributed by atoms with E-state index in [-0.39, 0.29) is 17.5 Å². The topological polar surface area (TPSA) is 61.4 Å². The van der Waals surface area contributed by atoms with Crippen LogP contribution in [-0.2, 0) is 6.42 Å². The molecule has 0 aromatic heterocycles. The smallest absolute Gasteiger partial charge is 0.319 e. The van der Waals surface area contributed by atoms with Gasteiger partial charge in [0.15, 0.2) is 0 Å². The van der Waals surface area contributed by atoms with Gasteiger partial charge < -0.3 is 15.7 Å². The number of halogens is 1. The molecule has 2 aromatic carbocycles. The summed E-state index contributed by atoms with van der Waals surface area (Å²) in [6.07, 6.45) is 1.52. The van der Waals surface area contributed by atoms with Crippen LogP contribution in [0.25, 0.3) is 0 Å². The number of aryl methyl sites for hydroxylation is 1. The number of urea groups is 1. The molecule has 0 bridgehead atoms. The van der Waals surface area contributed by atoms with Crippen molar-refractivity contribution in [2.24, 2.45) is 0 Å². The quantitative estimate of drug-likeness (QED) is 0.789. The van der Waals surface area contributed by atoms with Gasteiger partial charge in [0.05, 0.1) is 5.69 Å². The first-order chi connectivity index (χ1) is 10.5. The van der Waals surface area contributed by atoms with Crippen LogP contribution in [0.15, 0.2) is 48.5 Å². The molecule has 3 N–H and O–H groups in total. The number of anilines is 1. The van der Waals surface area contributed by atoms with E-state index in [0.717, 1.165) is 18.4 Å². The molecule has 0 unspecified atom stereocenters. The van der Waals surface area contributed by atoms with Gasteiger partial charge in [0.25, 0.3) is 0 Å². The van der Waals surface area contributed by atoms with Gasteiger partial charge >= 0.3 is 6.03 Å². The summed E-state index contributed by atoms with van der Waals surface area (Å²) >= 11 is 0. The van der Waals surface area contributed by atoms with Gasteiger partial charge in [-0.25, -0.2) is 9.18 Å². The van der Waals surface area contributed by atoms with Crippen LogP contribution < -0.4 is 10.6 Å². The minimum absolute atomic E-state index is 0.0550. The number of rotatable bonds is 5. The molecule has 1 atom stereocenters. The Morgan fingerprint density at radius 1 is 1.18 bits per heavy atom. The lowest BCUT2D eigenvalue weighted by Crippen LogP contribution is -2.36. The number of carbonyl (C=O) groups is 1. The van der Waals surface area contributed by atoms with Crippen LogP contribution in [0.1, 0.15) is 18.9 Å². The van der Waals surface area contributed by atoms with Crippen molar-refractivity contribution in [1.82, 2.24) is 5.32 Å². The lowest BCUT2D eigenvalue weighted by molar-refractivity contribution is 0.248. The molecule has 0 heterocycles. The summed E-state index contributed by atoms with van der Waals surface area (Å²) in [7, 11) is 0. The van der Waals surface area contributed by atoms with Crippen LogP contribution in [0.2, 0.25) is 0 Å². The number of amides is 2. The highest BCUT2D eigenvalue weighted by Gasteiger charge is 2.09. The fourth-order valence-corrected chi connectivity index (χ4v) is 2.06. The van der Waals surface area contributed by atoms with Crippen molar-refractivity contribution < 1.29 is 14.3 Å². The predicted molar refractivity (Wildman–Crippen MR) is 84.4 cm³/mol. The maximum absolute atomic E-state index is 13.4. The Bertz CT molecular complexity index is 629. The van der Waals surface area contributed by atoms with Gasteiger partial charge in [0.2, 0.25) is 0 Å². The zero-order chi connectivity index (χ0) is 15.9. The van der Waals surface area contributed by atoms with Crippen LogP contribution in [0.5, 0.6) is 5.75 Å². The minimum atomic E-state index is -0.464. The molecule has 0 aliphatic rings. The zero-order valence-electron chi connectivity index (χ0n) is 12.3. The number of carbonyl (C=O) groups excluding carboxylic acids is 1. The van der Waals surface area contributed by atoms with Gasteiger partial charge in [-0.2, -0.15) is 0 Å². The maximum Gasteiger partial charge on any atom is 0.319 e. The average Bonchev–Trinajstić information content (AvgIpc) is 2.49. The molecule has 116 valence electrons. The van der Waals surface area contributed by atoms with Crippen molar-refractivity contribution >= 4 is 11.7 Å². The van der Waals surface area contributed by atoms with Gasteiger partial charge in [-0.05, 0) is 49.6 Å². The Morgan fingerprint density at radius 3 is 2.55 bits per heavy atom. The van der Waals surface area contributed by atoms with Crippen molar-refractivity contribution in [3.8, 4) is 5.75 Å². The van der Waals surface area contributed by atoms with E-state index in [9.17, 15) is 14.3 Å². The van der Waals surface area contributed by atoms with Crippen LogP contribution >= 0.6 is 0 Å². The molecule has 0 aliphatic heterocycles. The average molecular weight is 302 g/mol. The Morgan fingerprint density at radius 2 is 1.86 bits per heavy atom. The van der Waals surface area contributed by atoms with Crippen LogP contribution in [0, 0.1) is 5.82 Å². The third-order valence-electron chi connectivity index (χ3n) is 3.30. The van der Waals surface area contributed by atoms with Crippen molar-refractivity contribution in [3.05, 3.63) is 59.9 Å². The first-order valence-electron chi connectivity index (χ1n) is 7.14. The Labute approximate surface area is 129 Å². The molecule has 2 amide bonds. The van der Waals surface area contributed by atoms with Crippen LogP contribution in [0.3, 0.4) is 0 Å². The number of benzene rings is 2. The van der Waals surface area contributed by atoms with Crippen molar-refractivity contribution in [1.29, 1.82) is 0 Å². The highest BCUT2D eigenvalue weighted by Crippen LogP contribution is 2.13. The Hall–Kier alpha value is -2.56. The van der Waals surface area contributed by atoms with Crippen LogP contribution in [-0.4, -0.2) is 17.2 Å². The highest BCUT2D eigenvalue weighted by molar-refractivity contribution is 5.89. The summed E-state index contributed by atoms with van der Waals surface area (Å²) in [5.74, 6) is -0.228. The van der Waals surface area contributed by atoms with E-state index in [1.807, 2.05) is 19.1 Å². The molecule has 0 saturated carbocycles. The molecule has 0 spiro atoms. The SMILES string of the molecule is C[C@H](CCc1ccc(O)cc1)NC(=O)Nc1ccccc1F. The summed E-state index contributed by atoms with van der Waals surface area (Å²) in [6.45, 7) is 1.89. The summed E-state index contributed by atoms with van der Waals surface area (Å²) < 4.78 is 13.4. The number of nitrogens with one attached hydrogen (secondary N) is 2. The van der Waals surface area contributed by atoms with E-state index in [1.165, 1.54) is 12.1 Å². The second kappa shape index (κ2) is 7.45. The molecule has 0 aliphatic carbocycles. The third kappa shape index (κ3) is 4.77. The summed E-state index contributed by atoms with van der Waals surface area (Å²) in [6, 6.07) is 12.5. The van der Waals surface area contributed by atoms with Crippen molar-refractivity contribution in [3.63, 3.8) is 0 Å². The molecule has 0 radical (unpaired) electrons. The van der Waals surface area contributed by atoms with E-state index in [4.69, 9.17) is 0 Å². The van der Waals surface area contributed by atoms with E-state index in [0.29, 0.717) is 0 Å². The second-order valence-electron chi connectivity index (χ2n) is 5.18. The normalized spacial score (nSPS) is 11.7. The number of hydrogen-bond donors (Lipinski definition) is 3. The Balaban J connectivity index is 1.79. The highest BCUT2D eigenvalue weighted by atomic mass is 19.1. The first-order valence-corrected chi connectivity index (χ1v) is 7.14. The van der Waals surface area contributed by atoms with E-state index >= 15 is 0 Å². The van der Waals surface area contributed by atoms with Crippen LogP contribution in [0.4, 0.5) is 14.9 Å². The molecule has 0 saturated heterocycles. The van der Waals surface area contributed by atoms with Gasteiger partial charge in [-0.15, -0.1) is 0 Å². The fourth-order valence-electron chi connectivity index (χ4n) is 2.06. The lowest BCUT2D eigenvalue weighted by atomic mass is 10.1. The zero-order valence-corrected chi connectivity index (χ0v) is 12.3. The standard InChI is InChI=1S/C17H19FN2O2/c1-12(6-7-13-8-10-14(21)11-9-13)19-17(22)20-16-5-3-2-4-15(16)18/h2-5,8-12,21H,6-7H2,1H3,(H2,19,20,22)/t12-/m1/s1. The second-order valence-corrected chi connectivity index (χ2v) is 5.18. The van der Waals surface area contributed by atoms with Crippen molar-refractivity contribution in [2.75, 3.05) is 5.32 Å². The van der Waals surface area contributed by atoms with Gasteiger partial charge in [0.1, 0.15) is 11.6 Å². The van der Waals surface area contributed by atoms with Gasteiger partial charge in [-0.1, -0.05) is 24.3 Å². The molecular weight excluding hydrogens is 283 g/mol. The number of aromatic hydroxyl groups is 1. The summed E-state index contributed by atoms with van der Waals surface area (Å²) in [4.78, 5) is 11.8. The van der Waals surface area contributed by atoms with E-state index in [2.05, 4.69) is 10.6 Å². The van der Waals surface area contributed by atoms with Crippen molar-refractivity contribution in [2.45, 2.75) is 25.8 Å². The molecule has 2 aromatic rings. The molecule has 5 heteroatoms. The molecular formula is C17H19FN2O2. The van der Waals surface area contributed by atoms with Gasteiger partial charge in [-0.3, -0.25) is 0 Å². The molecule has 4 nitrogen and oxygen atoms in total. The number of hydrogen-bond acceptors (Lipinski definition) is 2. The number of phenols is 1. The predicted octanol–water partition coefficient (Wildman–Crippen LogP) is 3.67. The van der Waals surface area contributed by atoms with E-state index in [1.54, 1.807) is 24.3 Å². The number of para-hydroxylation sites is 1. The Kier molecular flexibility index (Phi) is 5.36. The summed E-state index contributed by atoms with van der Waals surface area (Å²) in [5.41, 5.74) is 1.24. The third-order valence-corrected chi connectivity index (χ3v) is 3.30. The molecule has 0 fully saturated rings. The van der Waals surface area contributed by atoms with Gasteiger partial charge in [0, 0.05) is 6.04 Å². The summed E-state index contributed by atoms with van der Waals surface area (Å²) in [5, 5.41) is 14.5. The monoisotopic (exact) mass is 302 g/mol. The lowest BCUT2D eigenvalue weighted by Gasteiger charge is -2.15. The maximum atomic E-state index is 13.4. The molecule has 22 heavy (non-hydrogen) atoms. The van der Waals surface area contributed by atoms with E-state index < -0.39 is 11.8 Å². The first kappa shape index (κ1) is 15.8. The largest absolute Gasteiger partial charge is 0.508 e. The minimum Gasteiger partial charge on any atom is -0.508 e. The number of phenolic OH excluding ortho intramolecular Hbond substituents is 1. The fraction of sp³-hybridized carbons (Fsp3) is 0.235. The molecule has 2 rings (SSSR count).